The van der Waals surface area contributed by atoms with Gasteiger partial charge in [-0.15, -0.1) is 0 Å². The van der Waals surface area contributed by atoms with E-state index in [9.17, 15) is 9.90 Å². The Labute approximate surface area is 89.8 Å². The molecule has 0 saturated carbocycles. The van der Waals surface area contributed by atoms with E-state index in [2.05, 4.69) is 4.90 Å². The molecule has 0 aliphatic carbocycles. The van der Waals surface area contributed by atoms with Gasteiger partial charge in [-0.3, -0.25) is 9.69 Å². The average Bonchev–Trinajstić information content (AvgIpc) is 2.80. The quantitative estimate of drug-likeness (QED) is 0.653. The molecule has 1 N–H and O–H groups in total. The van der Waals surface area contributed by atoms with Gasteiger partial charge in [-0.2, -0.15) is 0 Å². The number of β-amino-alcohol motifs (C(OH)–C–C–N with tert-alkyl or cyclic N) is 1. The van der Waals surface area contributed by atoms with Crippen molar-refractivity contribution in [2.24, 2.45) is 0 Å². The summed E-state index contributed by atoms with van der Waals surface area (Å²) >= 11 is 0. The summed E-state index contributed by atoms with van der Waals surface area (Å²) in [5.41, 5.74) is 0. The van der Waals surface area contributed by atoms with Crippen molar-refractivity contribution in [3.63, 3.8) is 0 Å². The third-order valence-corrected chi connectivity index (χ3v) is 4.11. The fourth-order valence-corrected chi connectivity index (χ4v) is 3.45. The van der Waals surface area contributed by atoms with Crippen molar-refractivity contribution in [3.8, 4) is 0 Å². The van der Waals surface area contributed by atoms with Gasteiger partial charge in [0.15, 0.2) is 0 Å². The lowest BCUT2D eigenvalue weighted by Crippen LogP contribution is -2.43. The summed E-state index contributed by atoms with van der Waals surface area (Å²) < 4.78 is 0. The standard InChI is InChI=1S/C11H18N2O2/c14-8-6-11(15)13(7-8)10-3-5-12-4-1-2-9(10)12/h8-10,14H,1-7H2. The molecule has 3 fully saturated rings. The molecule has 4 heteroatoms. The number of carbonyl (C=O) groups is 1. The normalized spacial score (nSPS) is 41.5. The molecule has 4 nitrogen and oxygen atoms in total. The van der Waals surface area contributed by atoms with Crippen LogP contribution in [0.2, 0.25) is 0 Å². The van der Waals surface area contributed by atoms with E-state index >= 15 is 0 Å². The SMILES string of the molecule is O=C1CC(O)CN1C1CCN2CCCC12. The Hall–Kier alpha value is -0.610. The van der Waals surface area contributed by atoms with Gasteiger partial charge in [0.25, 0.3) is 0 Å². The Morgan fingerprint density at radius 3 is 2.80 bits per heavy atom. The van der Waals surface area contributed by atoms with E-state index < -0.39 is 6.10 Å². The minimum atomic E-state index is -0.423. The van der Waals surface area contributed by atoms with Gasteiger partial charge in [0.05, 0.1) is 12.5 Å². The highest BCUT2D eigenvalue weighted by Crippen LogP contribution is 2.33. The maximum Gasteiger partial charge on any atom is 0.225 e. The van der Waals surface area contributed by atoms with Crippen molar-refractivity contribution >= 4 is 5.91 Å². The molecule has 0 spiro atoms. The van der Waals surface area contributed by atoms with Gasteiger partial charge in [0.2, 0.25) is 5.91 Å². The number of aliphatic hydroxyl groups is 1. The summed E-state index contributed by atoms with van der Waals surface area (Å²) in [6.45, 7) is 2.90. The van der Waals surface area contributed by atoms with Gasteiger partial charge in [-0.1, -0.05) is 0 Å². The maximum absolute atomic E-state index is 11.7. The van der Waals surface area contributed by atoms with E-state index in [1.807, 2.05) is 4.90 Å². The van der Waals surface area contributed by atoms with Crippen molar-refractivity contribution in [2.75, 3.05) is 19.6 Å². The molecule has 3 aliphatic rings. The van der Waals surface area contributed by atoms with E-state index in [4.69, 9.17) is 0 Å². The summed E-state index contributed by atoms with van der Waals surface area (Å²) in [4.78, 5) is 16.1. The van der Waals surface area contributed by atoms with Crippen LogP contribution in [0, 0.1) is 0 Å². The number of carbonyl (C=O) groups excluding carboxylic acids is 1. The van der Waals surface area contributed by atoms with E-state index in [1.165, 1.54) is 19.4 Å². The molecule has 15 heavy (non-hydrogen) atoms. The number of hydrogen-bond acceptors (Lipinski definition) is 3. The molecule has 3 heterocycles. The van der Waals surface area contributed by atoms with Crippen LogP contribution < -0.4 is 0 Å². The predicted octanol–water partition coefficient (Wildman–Crippen LogP) is -0.184. The van der Waals surface area contributed by atoms with E-state index in [0.29, 0.717) is 25.0 Å². The first kappa shape index (κ1) is 9.60. The molecule has 0 aromatic carbocycles. The summed E-state index contributed by atoms with van der Waals surface area (Å²) in [6.07, 6.45) is 3.51. The molecule has 3 atom stereocenters. The van der Waals surface area contributed by atoms with E-state index in [0.717, 1.165) is 13.0 Å². The molecular weight excluding hydrogens is 192 g/mol. The number of aliphatic hydroxyl groups excluding tert-OH is 1. The van der Waals surface area contributed by atoms with Gasteiger partial charge in [0, 0.05) is 25.2 Å². The zero-order valence-electron chi connectivity index (χ0n) is 8.93. The number of likely N-dealkylation sites (tertiary alicyclic amines) is 1. The molecule has 3 unspecified atom stereocenters. The Kier molecular flexibility index (Phi) is 2.21. The van der Waals surface area contributed by atoms with Crippen molar-refractivity contribution in [1.29, 1.82) is 0 Å². The minimum Gasteiger partial charge on any atom is -0.391 e. The highest BCUT2D eigenvalue weighted by atomic mass is 16.3. The molecule has 3 saturated heterocycles. The van der Waals surface area contributed by atoms with Crippen LogP contribution in [0.15, 0.2) is 0 Å². The van der Waals surface area contributed by atoms with Crippen LogP contribution in [0.25, 0.3) is 0 Å². The number of fused-ring (bicyclic) bond motifs is 1. The summed E-state index contributed by atoms with van der Waals surface area (Å²) in [6, 6.07) is 0.969. The zero-order chi connectivity index (χ0) is 10.4. The zero-order valence-corrected chi connectivity index (χ0v) is 8.93. The third kappa shape index (κ3) is 1.47. The number of rotatable bonds is 1. The summed E-state index contributed by atoms with van der Waals surface area (Å²) in [5.74, 6) is 0.154. The number of nitrogens with zero attached hydrogens (tertiary/aromatic N) is 2. The Morgan fingerprint density at radius 1 is 1.20 bits per heavy atom. The first-order valence-electron chi connectivity index (χ1n) is 5.97. The molecule has 84 valence electrons. The molecule has 3 aliphatic heterocycles. The van der Waals surface area contributed by atoms with Crippen LogP contribution in [0.3, 0.4) is 0 Å². The summed E-state index contributed by atoms with van der Waals surface area (Å²) in [5, 5.41) is 9.49. The van der Waals surface area contributed by atoms with Crippen molar-refractivity contribution in [1.82, 2.24) is 9.80 Å². The van der Waals surface area contributed by atoms with Gasteiger partial charge in [-0.05, 0) is 25.8 Å². The van der Waals surface area contributed by atoms with Crippen molar-refractivity contribution in [3.05, 3.63) is 0 Å². The Balaban J connectivity index is 1.74. The lowest BCUT2D eigenvalue weighted by Gasteiger charge is -2.29. The van der Waals surface area contributed by atoms with Crippen LogP contribution in [-0.4, -0.2) is 58.6 Å². The lowest BCUT2D eigenvalue weighted by atomic mass is 10.1. The van der Waals surface area contributed by atoms with Crippen LogP contribution >= 0.6 is 0 Å². The minimum absolute atomic E-state index is 0.154. The number of amides is 1. The molecule has 0 aromatic rings. The maximum atomic E-state index is 11.7. The molecule has 1 amide bonds. The Morgan fingerprint density at radius 2 is 2.07 bits per heavy atom. The van der Waals surface area contributed by atoms with Gasteiger partial charge in [0.1, 0.15) is 0 Å². The van der Waals surface area contributed by atoms with Crippen LogP contribution in [0.5, 0.6) is 0 Å². The summed E-state index contributed by atoms with van der Waals surface area (Å²) in [7, 11) is 0. The monoisotopic (exact) mass is 210 g/mol. The third-order valence-electron chi connectivity index (χ3n) is 4.11. The van der Waals surface area contributed by atoms with Gasteiger partial charge >= 0.3 is 0 Å². The van der Waals surface area contributed by atoms with E-state index in [1.54, 1.807) is 0 Å². The van der Waals surface area contributed by atoms with Gasteiger partial charge < -0.3 is 10.0 Å². The fourth-order valence-electron chi connectivity index (χ4n) is 3.45. The predicted molar refractivity (Wildman–Crippen MR) is 55.3 cm³/mol. The van der Waals surface area contributed by atoms with E-state index in [-0.39, 0.29) is 5.91 Å². The van der Waals surface area contributed by atoms with Crippen molar-refractivity contribution in [2.45, 2.75) is 43.9 Å². The average molecular weight is 210 g/mol. The second kappa shape index (κ2) is 3.46. The van der Waals surface area contributed by atoms with Crippen molar-refractivity contribution < 1.29 is 9.90 Å². The molecular formula is C11H18N2O2. The first-order valence-corrected chi connectivity index (χ1v) is 5.97. The molecule has 0 radical (unpaired) electrons. The molecule has 0 bridgehead atoms. The highest BCUT2D eigenvalue weighted by Gasteiger charge is 2.44. The largest absolute Gasteiger partial charge is 0.391 e. The fraction of sp³-hybridized carbons (Fsp3) is 0.909. The van der Waals surface area contributed by atoms with Crippen LogP contribution in [0.4, 0.5) is 0 Å². The number of hydrogen-bond donors (Lipinski definition) is 1. The molecule has 3 rings (SSSR count). The van der Waals surface area contributed by atoms with Crippen LogP contribution in [0.1, 0.15) is 25.7 Å². The van der Waals surface area contributed by atoms with Gasteiger partial charge in [-0.25, -0.2) is 0 Å². The smallest absolute Gasteiger partial charge is 0.225 e. The lowest BCUT2D eigenvalue weighted by molar-refractivity contribution is -0.130. The first-order chi connectivity index (χ1) is 7.25. The van der Waals surface area contributed by atoms with Crippen LogP contribution in [-0.2, 0) is 4.79 Å². The topological polar surface area (TPSA) is 43.8 Å². The second-order valence-corrected chi connectivity index (χ2v) is 5.01. The highest BCUT2D eigenvalue weighted by molar-refractivity contribution is 5.79. The molecule has 0 aromatic heterocycles. The second-order valence-electron chi connectivity index (χ2n) is 5.01. The Bertz CT molecular complexity index is 282.